The molecule has 4 rings (SSSR count). The fraction of sp³-hybridized carbons (Fsp3) is 0.381. The predicted molar refractivity (Wildman–Crippen MR) is 107 cm³/mol. The molecule has 1 unspecified atom stereocenters. The first-order chi connectivity index (χ1) is 14.5. The maximum Gasteiger partial charge on any atom is 0.223 e. The Morgan fingerprint density at radius 1 is 1.23 bits per heavy atom. The standard InChI is InChI=1S/C21H23FN6O2/c1-13-26-20(27-30-13)17-3-2-10-28(17)21-19(22)16(24-12-25-21)9-8-14-4-6-15(7-5-14)11-18(23)29/h4-7,12,17H,2-3,8-11H2,1H3,(H2,23,29). The van der Waals surface area contributed by atoms with Gasteiger partial charge in [-0.1, -0.05) is 29.4 Å². The Morgan fingerprint density at radius 3 is 2.70 bits per heavy atom. The number of aryl methyl sites for hydroxylation is 3. The van der Waals surface area contributed by atoms with E-state index in [9.17, 15) is 4.79 Å². The summed E-state index contributed by atoms with van der Waals surface area (Å²) in [5, 5.41) is 4.00. The lowest BCUT2D eigenvalue weighted by Crippen LogP contribution is -2.26. The number of rotatable bonds is 7. The van der Waals surface area contributed by atoms with E-state index in [0.717, 1.165) is 24.0 Å². The van der Waals surface area contributed by atoms with E-state index < -0.39 is 5.82 Å². The summed E-state index contributed by atoms with van der Waals surface area (Å²) in [5.41, 5.74) is 7.48. The number of nitrogens with zero attached hydrogens (tertiary/aromatic N) is 5. The summed E-state index contributed by atoms with van der Waals surface area (Å²) < 4.78 is 20.3. The van der Waals surface area contributed by atoms with Crippen molar-refractivity contribution in [1.29, 1.82) is 0 Å². The van der Waals surface area contributed by atoms with E-state index in [1.165, 1.54) is 6.33 Å². The number of hydrogen-bond donors (Lipinski definition) is 1. The first-order valence-electron chi connectivity index (χ1n) is 9.93. The van der Waals surface area contributed by atoms with E-state index in [4.69, 9.17) is 10.3 Å². The quantitative estimate of drug-likeness (QED) is 0.637. The van der Waals surface area contributed by atoms with Gasteiger partial charge >= 0.3 is 0 Å². The number of anilines is 1. The lowest BCUT2D eigenvalue weighted by Gasteiger charge is -2.24. The van der Waals surface area contributed by atoms with Crippen LogP contribution in [0.25, 0.3) is 0 Å². The van der Waals surface area contributed by atoms with Gasteiger partial charge in [0.15, 0.2) is 17.5 Å². The predicted octanol–water partition coefficient (Wildman–Crippen LogP) is 2.46. The zero-order valence-corrected chi connectivity index (χ0v) is 16.7. The van der Waals surface area contributed by atoms with Gasteiger partial charge in [-0.05, 0) is 36.8 Å². The second kappa shape index (κ2) is 8.56. The third-order valence-electron chi connectivity index (χ3n) is 5.26. The first kappa shape index (κ1) is 19.9. The van der Waals surface area contributed by atoms with Gasteiger partial charge in [0, 0.05) is 13.5 Å². The van der Waals surface area contributed by atoms with Crippen LogP contribution in [0.15, 0.2) is 35.1 Å². The van der Waals surface area contributed by atoms with Crippen LogP contribution in [-0.4, -0.2) is 32.6 Å². The molecule has 1 atom stereocenters. The van der Waals surface area contributed by atoms with Gasteiger partial charge in [-0.25, -0.2) is 14.4 Å². The molecule has 3 heterocycles. The summed E-state index contributed by atoms with van der Waals surface area (Å²) in [6.07, 6.45) is 4.39. The number of benzene rings is 1. The molecule has 1 saturated heterocycles. The Balaban J connectivity index is 1.48. The molecular formula is C21H23FN6O2. The van der Waals surface area contributed by atoms with Crippen molar-refractivity contribution in [2.75, 3.05) is 11.4 Å². The van der Waals surface area contributed by atoms with Crippen LogP contribution in [0, 0.1) is 12.7 Å². The Bertz CT molecular complexity index is 1040. The van der Waals surface area contributed by atoms with E-state index in [-0.39, 0.29) is 24.2 Å². The van der Waals surface area contributed by atoms with Gasteiger partial charge < -0.3 is 15.2 Å². The lowest BCUT2D eigenvalue weighted by molar-refractivity contribution is -0.117. The minimum absolute atomic E-state index is 0.155. The van der Waals surface area contributed by atoms with Crippen molar-refractivity contribution in [3.8, 4) is 0 Å². The molecule has 156 valence electrons. The van der Waals surface area contributed by atoms with Gasteiger partial charge in [-0.15, -0.1) is 0 Å². The third kappa shape index (κ3) is 4.29. The molecule has 8 nitrogen and oxygen atoms in total. The summed E-state index contributed by atoms with van der Waals surface area (Å²) in [6.45, 7) is 2.41. The Morgan fingerprint density at radius 2 is 2.00 bits per heavy atom. The van der Waals surface area contributed by atoms with Gasteiger partial charge in [0.05, 0.1) is 18.2 Å². The van der Waals surface area contributed by atoms with Gasteiger partial charge in [-0.3, -0.25) is 4.79 Å². The third-order valence-corrected chi connectivity index (χ3v) is 5.26. The van der Waals surface area contributed by atoms with E-state index in [1.807, 2.05) is 29.2 Å². The van der Waals surface area contributed by atoms with Gasteiger partial charge in [0.2, 0.25) is 11.8 Å². The highest BCUT2D eigenvalue weighted by Crippen LogP contribution is 2.35. The molecule has 0 aliphatic carbocycles. The molecular weight excluding hydrogens is 387 g/mol. The summed E-state index contributed by atoms with van der Waals surface area (Å²) in [4.78, 5) is 25.6. The lowest BCUT2D eigenvalue weighted by atomic mass is 10.0. The molecule has 3 aromatic rings. The molecule has 0 bridgehead atoms. The molecule has 0 spiro atoms. The van der Waals surface area contributed by atoms with Crippen molar-refractivity contribution >= 4 is 11.7 Å². The summed E-state index contributed by atoms with van der Waals surface area (Å²) in [6, 6.07) is 7.42. The number of amides is 1. The number of carbonyl (C=O) groups is 1. The molecule has 1 aliphatic heterocycles. The van der Waals surface area contributed by atoms with E-state index >= 15 is 4.39 Å². The van der Waals surface area contributed by atoms with Crippen molar-refractivity contribution < 1.29 is 13.7 Å². The fourth-order valence-electron chi connectivity index (χ4n) is 3.80. The molecule has 1 aliphatic rings. The van der Waals surface area contributed by atoms with Crippen LogP contribution >= 0.6 is 0 Å². The van der Waals surface area contributed by atoms with Crippen LogP contribution in [0.4, 0.5) is 10.2 Å². The number of nitrogens with two attached hydrogens (primary N) is 1. The highest BCUT2D eigenvalue weighted by molar-refractivity contribution is 5.76. The number of aromatic nitrogens is 4. The van der Waals surface area contributed by atoms with Crippen LogP contribution in [-0.2, 0) is 24.1 Å². The average molecular weight is 410 g/mol. The molecule has 1 aromatic carbocycles. The monoisotopic (exact) mass is 410 g/mol. The van der Waals surface area contributed by atoms with Crippen LogP contribution in [0.3, 0.4) is 0 Å². The molecule has 1 amide bonds. The topological polar surface area (TPSA) is 111 Å². The second-order valence-corrected chi connectivity index (χ2v) is 7.44. The first-order valence-corrected chi connectivity index (χ1v) is 9.93. The van der Waals surface area contributed by atoms with Gasteiger partial charge in [-0.2, -0.15) is 4.98 Å². The highest BCUT2D eigenvalue weighted by atomic mass is 19.1. The van der Waals surface area contributed by atoms with Crippen LogP contribution < -0.4 is 10.6 Å². The van der Waals surface area contributed by atoms with E-state index in [2.05, 4.69) is 20.1 Å². The summed E-state index contributed by atoms with van der Waals surface area (Å²) >= 11 is 0. The van der Waals surface area contributed by atoms with Crippen LogP contribution in [0.1, 0.15) is 47.4 Å². The Labute approximate surface area is 173 Å². The fourth-order valence-corrected chi connectivity index (χ4v) is 3.80. The van der Waals surface area contributed by atoms with Crippen molar-refractivity contribution in [2.24, 2.45) is 5.73 Å². The maximum absolute atomic E-state index is 15.2. The van der Waals surface area contributed by atoms with Crippen molar-refractivity contribution in [3.05, 3.63) is 64.9 Å². The molecule has 0 radical (unpaired) electrons. The normalized spacial score (nSPS) is 16.2. The van der Waals surface area contributed by atoms with Gasteiger partial charge in [0.1, 0.15) is 6.33 Å². The molecule has 2 N–H and O–H groups in total. The smallest absolute Gasteiger partial charge is 0.223 e. The zero-order valence-electron chi connectivity index (χ0n) is 16.7. The Kier molecular flexibility index (Phi) is 5.69. The summed E-state index contributed by atoms with van der Waals surface area (Å²) in [5.74, 6) is 0.550. The van der Waals surface area contributed by atoms with Crippen molar-refractivity contribution in [2.45, 2.75) is 45.1 Å². The average Bonchev–Trinajstić information content (AvgIpc) is 3.37. The van der Waals surface area contributed by atoms with Crippen molar-refractivity contribution in [3.63, 3.8) is 0 Å². The molecule has 0 saturated carbocycles. The number of halogens is 1. The molecule has 9 heteroatoms. The molecule has 2 aromatic heterocycles. The number of primary amides is 1. The Hall–Kier alpha value is -3.36. The minimum Gasteiger partial charge on any atom is -0.369 e. The summed E-state index contributed by atoms with van der Waals surface area (Å²) in [7, 11) is 0. The highest BCUT2D eigenvalue weighted by Gasteiger charge is 2.33. The van der Waals surface area contributed by atoms with E-state index in [0.29, 0.717) is 36.8 Å². The van der Waals surface area contributed by atoms with E-state index in [1.54, 1.807) is 6.92 Å². The second-order valence-electron chi connectivity index (χ2n) is 7.44. The largest absolute Gasteiger partial charge is 0.369 e. The molecule has 30 heavy (non-hydrogen) atoms. The van der Waals surface area contributed by atoms with Crippen molar-refractivity contribution in [1.82, 2.24) is 20.1 Å². The number of hydrogen-bond acceptors (Lipinski definition) is 7. The maximum atomic E-state index is 15.2. The minimum atomic E-state index is -0.407. The zero-order chi connectivity index (χ0) is 21.1. The SMILES string of the molecule is Cc1nc(C2CCCN2c2ncnc(CCc3ccc(CC(N)=O)cc3)c2F)no1. The van der Waals surface area contributed by atoms with Gasteiger partial charge in [0.25, 0.3) is 0 Å². The van der Waals surface area contributed by atoms with Crippen LogP contribution in [0.5, 0.6) is 0 Å². The number of carbonyl (C=O) groups excluding carboxylic acids is 1. The molecule has 1 fully saturated rings. The van der Waals surface area contributed by atoms with Crippen LogP contribution in [0.2, 0.25) is 0 Å².